The third-order valence-electron chi connectivity index (χ3n) is 3.31. The summed E-state index contributed by atoms with van der Waals surface area (Å²) in [5.74, 6) is 1.10. The maximum Gasteiger partial charge on any atom is 0.358 e. The van der Waals surface area contributed by atoms with Crippen molar-refractivity contribution in [3.63, 3.8) is 0 Å². The Morgan fingerprint density at radius 3 is 2.65 bits per heavy atom. The van der Waals surface area contributed by atoms with Gasteiger partial charge in [-0.1, -0.05) is 0 Å². The van der Waals surface area contributed by atoms with Crippen LogP contribution in [0.25, 0.3) is 0 Å². The van der Waals surface area contributed by atoms with Crippen LogP contribution < -0.4 is 4.90 Å². The molecule has 2 rings (SSSR count). The number of nitrogens with zero attached hydrogens (tertiary/aromatic N) is 3. The van der Waals surface area contributed by atoms with E-state index < -0.39 is 5.97 Å². The van der Waals surface area contributed by atoms with Gasteiger partial charge in [0.25, 0.3) is 0 Å². The standard InChI is InChI=1S/C12H17N3O2/c1-8(9-4-5-9)15(2)11-7-13-10(6-14-11)12(16)17-3/h6-9H,4-5H2,1-3H3. The lowest BCUT2D eigenvalue weighted by Crippen LogP contribution is -2.31. The number of ether oxygens (including phenoxy) is 1. The highest BCUT2D eigenvalue weighted by Gasteiger charge is 2.31. The molecule has 17 heavy (non-hydrogen) atoms. The second-order valence-corrected chi connectivity index (χ2v) is 4.44. The molecule has 1 aromatic rings. The molecule has 5 nitrogen and oxygen atoms in total. The van der Waals surface area contributed by atoms with Crippen molar-refractivity contribution in [1.82, 2.24) is 9.97 Å². The smallest absolute Gasteiger partial charge is 0.358 e. The summed E-state index contributed by atoms with van der Waals surface area (Å²) in [6, 6.07) is 0.466. The molecule has 1 saturated carbocycles. The van der Waals surface area contributed by atoms with Gasteiger partial charge in [-0.15, -0.1) is 0 Å². The molecule has 1 aromatic heterocycles. The summed E-state index contributed by atoms with van der Waals surface area (Å²) in [4.78, 5) is 21.6. The third kappa shape index (κ3) is 2.54. The van der Waals surface area contributed by atoms with Gasteiger partial charge in [-0.25, -0.2) is 14.8 Å². The highest BCUT2D eigenvalue weighted by atomic mass is 16.5. The van der Waals surface area contributed by atoms with Crippen LogP contribution in [0, 0.1) is 5.92 Å². The second-order valence-electron chi connectivity index (χ2n) is 4.44. The lowest BCUT2D eigenvalue weighted by molar-refractivity contribution is 0.0593. The van der Waals surface area contributed by atoms with Gasteiger partial charge in [-0.05, 0) is 25.7 Å². The van der Waals surface area contributed by atoms with Gasteiger partial charge in [0.2, 0.25) is 0 Å². The molecule has 1 aliphatic rings. The Morgan fingerprint density at radius 1 is 1.47 bits per heavy atom. The molecular weight excluding hydrogens is 218 g/mol. The molecule has 0 amide bonds. The van der Waals surface area contributed by atoms with E-state index in [9.17, 15) is 4.79 Å². The van der Waals surface area contributed by atoms with E-state index in [0.29, 0.717) is 6.04 Å². The van der Waals surface area contributed by atoms with Crippen LogP contribution in [0.2, 0.25) is 0 Å². The summed E-state index contributed by atoms with van der Waals surface area (Å²) in [7, 11) is 3.34. The molecule has 0 saturated heterocycles. The van der Waals surface area contributed by atoms with E-state index in [2.05, 4.69) is 26.5 Å². The van der Waals surface area contributed by atoms with Gasteiger partial charge >= 0.3 is 5.97 Å². The largest absolute Gasteiger partial charge is 0.464 e. The molecule has 0 N–H and O–H groups in total. The van der Waals surface area contributed by atoms with E-state index in [0.717, 1.165) is 11.7 Å². The summed E-state index contributed by atoms with van der Waals surface area (Å²) in [5, 5.41) is 0. The summed E-state index contributed by atoms with van der Waals surface area (Å²) < 4.78 is 4.58. The average Bonchev–Trinajstić information content (AvgIpc) is 3.20. The van der Waals surface area contributed by atoms with Crippen molar-refractivity contribution in [2.24, 2.45) is 5.92 Å². The number of rotatable bonds is 4. The van der Waals surface area contributed by atoms with Crippen molar-refractivity contribution in [3.8, 4) is 0 Å². The summed E-state index contributed by atoms with van der Waals surface area (Å²) in [5.41, 5.74) is 0.240. The minimum atomic E-state index is -0.457. The van der Waals surface area contributed by atoms with Crippen LogP contribution in [-0.2, 0) is 4.74 Å². The second kappa shape index (κ2) is 4.69. The summed E-state index contributed by atoms with van der Waals surface area (Å²) in [6.45, 7) is 2.19. The van der Waals surface area contributed by atoms with Crippen LogP contribution in [-0.4, -0.2) is 36.1 Å². The highest BCUT2D eigenvalue weighted by molar-refractivity contribution is 5.86. The minimum Gasteiger partial charge on any atom is -0.464 e. The molecular formula is C12H17N3O2. The number of methoxy groups -OCH3 is 1. The lowest BCUT2D eigenvalue weighted by atomic mass is 10.2. The van der Waals surface area contributed by atoms with Crippen LogP contribution in [0.4, 0.5) is 5.82 Å². The molecule has 1 aliphatic carbocycles. The number of hydrogen-bond donors (Lipinski definition) is 0. The zero-order valence-electron chi connectivity index (χ0n) is 10.4. The average molecular weight is 235 g/mol. The quantitative estimate of drug-likeness (QED) is 0.740. The van der Waals surface area contributed by atoms with E-state index in [-0.39, 0.29) is 5.69 Å². The lowest BCUT2D eigenvalue weighted by Gasteiger charge is -2.25. The monoisotopic (exact) mass is 235 g/mol. The molecule has 0 aromatic carbocycles. The summed E-state index contributed by atoms with van der Waals surface area (Å²) >= 11 is 0. The first-order chi connectivity index (χ1) is 8.13. The number of carbonyl (C=O) groups excluding carboxylic acids is 1. The van der Waals surface area contributed by atoms with Crippen molar-refractivity contribution < 1.29 is 9.53 Å². The zero-order valence-corrected chi connectivity index (χ0v) is 10.4. The molecule has 0 radical (unpaired) electrons. The van der Waals surface area contributed by atoms with E-state index in [1.54, 1.807) is 6.20 Å². The number of esters is 1. The van der Waals surface area contributed by atoms with Gasteiger partial charge in [0.05, 0.1) is 19.5 Å². The predicted octanol–water partition coefficient (Wildman–Crippen LogP) is 1.50. The van der Waals surface area contributed by atoms with Crippen molar-refractivity contribution in [2.75, 3.05) is 19.1 Å². The maximum atomic E-state index is 11.2. The molecule has 0 aliphatic heterocycles. The number of anilines is 1. The van der Waals surface area contributed by atoms with Crippen molar-refractivity contribution in [1.29, 1.82) is 0 Å². The van der Waals surface area contributed by atoms with Gasteiger partial charge in [0.1, 0.15) is 5.82 Å². The Labute approximate surface area is 101 Å². The molecule has 1 heterocycles. The fraction of sp³-hybridized carbons (Fsp3) is 0.583. The van der Waals surface area contributed by atoms with Crippen molar-refractivity contribution in [3.05, 3.63) is 18.1 Å². The van der Waals surface area contributed by atoms with E-state index >= 15 is 0 Å². The van der Waals surface area contributed by atoms with Gasteiger partial charge in [-0.2, -0.15) is 0 Å². The Morgan fingerprint density at radius 2 is 2.18 bits per heavy atom. The van der Waals surface area contributed by atoms with Gasteiger partial charge in [0, 0.05) is 13.1 Å². The normalized spacial score (nSPS) is 16.4. The first-order valence-corrected chi connectivity index (χ1v) is 5.76. The fourth-order valence-electron chi connectivity index (χ4n) is 1.82. The van der Waals surface area contributed by atoms with Crippen LogP contribution >= 0.6 is 0 Å². The zero-order chi connectivity index (χ0) is 12.4. The Kier molecular flexibility index (Phi) is 3.26. The number of aromatic nitrogens is 2. The SMILES string of the molecule is COC(=O)c1cnc(N(C)C(C)C2CC2)cn1. The molecule has 92 valence electrons. The highest BCUT2D eigenvalue weighted by Crippen LogP contribution is 2.35. The van der Waals surface area contributed by atoms with Crippen LogP contribution in [0.5, 0.6) is 0 Å². The van der Waals surface area contributed by atoms with Crippen molar-refractivity contribution >= 4 is 11.8 Å². The maximum absolute atomic E-state index is 11.2. The molecule has 5 heteroatoms. The minimum absolute atomic E-state index is 0.240. The van der Waals surface area contributed by atoms with Crippen LogP contribution in [0.1, 0.15) is 30.3 Å². The van der Waals surface area contributed by atoms with E-state index in [1.165, 1.54) is 26.1 Å². The Bertz CT molecular complexity index is 401. The Hall–Kier alpha value is -1.65. The van der Waals surface area contributed by atoms with Crippen LogP contribution in [0.3, 0.4) is 0 Å². The van der Waals surface area contributed by atoms with Gasteiger partial charge < -0.3 is 9.64 Å². The molecule has 1 atom stereocenters. The predicted molar refractivity (Wildman–Crippen MR) is 64.0 cm³/mol. The number of carbonyl (C=O) groups is 1. The fourth-order valence-corrected chi connectivity index (χ4v) is 1.82. The van der Waals surface area contributed by atoms with Gasteiger partial charge in [-0.3, -0.25) is 0 Å². The van der Waals surface area contributed by atoms with E-state index in [1.807, 2.05) is 7.05 Å². The summed E-state index contributed by atoms with van der Waals surface area (Å²) in [6.07, 6.45) is 5.65. The number of hydrogen-bond acceptors (Lipinski definition) is 5. The first kappa shape index (κ1) is 11.8. The van der Waals surface area contributed by atoms with Crippen molar-refractivity contribution in [2.45, 2.75) is 25.8 Å². The third-order valence-corrected chi connectivity index (χ3v) is 3.31. The molecule has 0 spiro atoms. The van der Waals surface area contributed by atoms with E-state index in [4.69, 9.17) is 0 Å². The first-order valence-electron chi connectivity index (χ1n) is 5.76. The van der Waals surface area contributed by atoms with Crippen LogP contribution in [0.15, 0.2) is 12.4 Å². The molecule has 1 unspecified atom stereocenters. The topological polar surface area (TPSA) is 55.3 Å². The molecule has 0 bridgehead atoms. The Balaban J connectivity index is 2.08. The van der Waals surface area contributed by atoms with Gasteiger partial charge in [0.15, 0.2) is 5.69 Å². The molecule has 1 fully saturated rings.